The van der Waals surface area contributed by atoms with Crippen molar-refractivity contribution < 1.29 is 9.21 Å². The zero-order chi connectivity index (χ0) is 20.2. The van der Waals surface area contributed by atoms with Crippen molar-refractivity contribution in [1.29, 1.82) is 0 Å². The molecule has 0 fully saturated rings. The number of rotatable bonds is 6. The number of thiophene rings is 1. The maximum atomic E-state index is 13.1. The molecule has 0 bridgehead atoms. The molecule has 4 rings (SSSR count). The van der Waals surface area contributed by atoms with E-state index in [1.54, 1.807) is 17.6 Å². The molecule has 1 aliphatic rings. The van der Waals surface area contributed by atoms with Gasteiger partial charge in [-0.2, -0.15) is 0 Å². The van der Waals surface area contributed by atoms with Gasteiger partial charge in [0, 0.05) is 31.6 Å². The predicted molar refractivity (Wildman–Crippen MR) is 119 cm³/mol. The number of amides is 1. The van der Waals surface area contributed by atoms with Crippen molar-refractivity contribution in [2.45, 2.75) is 32.2 Å². The van der Waals surface area contributed by atoms with E-state index in [0.29, 0.717) is 12.3 Å². The minimum absolute atomic E-state index is 0.0474. The average molecular weight is 408 g/mol. The van der Waals surface area contributed by atoms with E-state index >= 15 is 0 Å². The fourth-order valence-electron chi connectivity index (χ4n) is 3.52. The van der Waals surface area contributed by atoms with E-state index in [1.165, 1.54) is 16.9 Å². The number of anilines is 1. The second-order valence-corrected chi connectivity index (χ2v) is 8.47. The zero-order valence-corrected chi connectivity index (χ0v) is 17.6. The van der Waals surface area contributed by atoms with Crippen LogP contribution >= 0.6 is 11.3 Å². The molecule has 0 unspecified atom stereocenters. The minimum Gasteiger partial charge on any atom is -0.440 e. The Morgan fingerprint density at radius 2 is 1.97 bits per heavy atom. The standard InChI is InChI=1S/C23H25N3O2S/c1-26(2)20-13-12-17(28-20)15-25-23-21(18-10-6-7-11-19(18)29-23)22(27)24-14-16-8-4-3-5-9-16/h3-5,8-9,12-13,15H,6-7,10-11,14H2,1-2H3,(H,24,27). The summed E-state index contributed by atoms with van der Waals surface area (Å²) in [6, 6.07) is 13.8. The number of nitrogens with one attached hydrogen (secondary N) is 1. The van der Waals surface area contributed by atoms with Crippen molar-refractivity contribution in [1.82, 2.24) is 5.32 Å². The first-order chi connectivity index (χ1) is 14.1. The predicted octanol–water partition coefficient (Wildman–Crippen LogP) is 4.97. The molecule has 0 saturated carbocycles. The summed E-state index contributed by atoms with van der Waals surface area (Å²) < 4.78 is 5.76. The van der Waals surface area contributed by atoms with Crippen LogP contribution in [-0.2, 0) is 19.4 Å². The molecule has 6 heteroatoms. The van der Waals surface area contributed by atoms with Crippen LogP contribution in [0.3, 0.4) is 0 Å². The summed E-state index contributed by atoms with van der Waals surface area (Å²) in [5.74, 6) is 1.40. The Hall–Kier alpha value is -2.86. The third-order valence-electron chi connectivity index (χ3n) is 5.04. The van der Waals surface area contributed by atoms with Gasteiger partial charge in [-0.25, -0.2) is 4.99 Å². The van der Waals surface area contributed by atoms with Crippen LogP contribution in [0.2, 0.25) is 0 Å². The van der Waals surface area contributed by atoms with Gasteiger partial charge in [0.25, 0.3) is 5.91 Å². The monoisotopic (exact) mass is 407 g/mol. The van der Waals surface area contributed by atoms with E-state index in [4.69, 9.17) is 4.42 Å². The minimum atomic E-state index is -0.0474. The maximum Gasteiger partial charge on any atom is 0.254 e. The van der Waals surface area contributed by atoms with E-state index in [-0.39, 0.29) is 5.91 Å². The summed E-state index contributed by atoms with van der Waals surface area (Å²) in [5.41, 5.74) is 2.99. The van der Waals surface area contributed by atoms with Gasteiger partial charge >= 0.3 is 0 Å². The number of benzene rings is 1. The van der Waals surface area contributed by atoms with E-state index in [9.17, 15) is 4.79 Å². The fourth-order valence-corrected chi connectivity index (χ4v) is 4.75. The molecule has 0 atom stereocenters. The Balaban J connectivity index is 1.58. The first-order valence-corrected chi connectivity index (χ1v) is 10.7. The molecule has 3 aromatic rings. The highest BCUT2D eigenvalue weighted by atomic mass is 32.1. The Bertz CT molecular complexity index is 1020. The topological polar surface area (TPSA) is 57.8 Å². The molecule has 0 spiro atoms. The van der Waals surface area contributed by atoms with Crippen LogP contribution in [0.4, 0.5) is 10.9 Å². The average Bonchev–Trinajstić information content (AvgIpc) is 3.36. The summed E-state index contributed by atoms with van der Waals surface area (Å²) in [7, 11) is 3.87. The van der Waals surface area contributed by atoms with Crippen molar-refractivity contribution in [3.05, 3.63) is 69.8 Å². The van der Waals surface area contributed by atoms with E-state index in [2.05, 4.69) is 10.3 Å². The van der Waals surface area contributed by atoms with Crippen LogP contribution in [-0.4, -0.2) is 26.2 Å². The zero-order valence-electron chi connectivity index (χ0n) is 16.8. The van der Waals surface area contributed by atoms with E-state index in [1.807, 2.05) is 61.5 Å². The molecule has 150 valence electrons. The van der Waals surface area contributed by atoms with Gasteiger partial charge in [0.1, 0.15) is 10.8 Å². The van der Waals surface area contributed by atoms with Gasteiger partial charge in [0.15, 0.2) is 5.88 Å². The number of aliphatic imine (C=N–C) groups is 1. The van der Waals surface area contributed by atoms with Gasteiger partial charge in [0.05, 0.1) is 11.8 Å². The molecule has 0 saturated heterocycles. The van der Waals surface area contributed by atoms with Crippen LogP contribution in [0, 0.1) is 0 Å². The molecular formula is C23H25N3O2S. The molecule has 2 heterocycles. The van der Waals surface area contributed by atoms with Crippen LogP contribution in [0.15, 0.2) is 51.9 Å². The van der Waals surface area contributed by atoms with Crippen molar-refractivity contribution in [3.63, 3.8) is 0 Å². The van der Waals surface area contributed by atoms with Gasteiger partial charge < -0.3 is 14.6 Å². The first-order valence-electron chi connectivity index (χ1n) is 9.89. The van der Waals surface area contributed by atoms with Crippen molar-refractivity contribution >= 4 is 34.3 Å². The normalized spacial score (nSPS) is 13.4. The van der Waals surface area contributed by atoms with Crippen LogP contribution < -0.4 is 10.2 Å². The van der Waals surface area contributed by atoms with Crippen molar-refractivity contribution in [2.75, 3.05) is 19.0 Å². The molecule has 0 radical (unpaired) electrons. The Labute approximate surface area is 175 Å². The number of fused-ring (bicyclic) bond motifs is 1. The number of furan rings is 1. The fraction of sp³-hybridized carbons (Fsp3) is 0.304. The third-order valence-corrected chi connectivity index (χ3v) is 6.24. The van der Waals surface area contributed by atoms with Gasteiger partial charge in [-0.05, 0) is 42.9 Å². The third kappa shape index (κ3) is 4.43. The summed E-state index contributed by atoms with van der Waals surface area (Å²) in [6.45, 7) is 0.512. The molecule has 1 N–H and O–H groups in total. The summed E-state index contributed by atoms with van der Waals surface area (Å²) in [5, 5.41) is 3.84. The summed E-state index contributed by atoms with van der Waals surface area (Å²) in [6.07, 6.45) is 5.97. The molecule has 0 aliphatic heterocycles. The molecule has 29 heavy (non-hydrogen) atoms. The largest absolute Gasteiger partial charge is 0.440 e. The first kappa shape index (κ1) is 19.5. The SMILES string of the molecule is CN(C)c1ccc(C=Nc2sc3c(c2C(=O)NCc2ccccc2)CCCC3)o1. The van der Waals surface area contributed by atoms with E-state index < -0.39 is 0 Å². The lowest BCUT2D eigenvalue weighted by atomic mass is 9.95. The lowest BCUT2D eigenvalue weighted by Crippen LogP contribution is -2.24. The smallest absolute Gasteiger partial charge is 0.254 e. The summed E-state index contributed by atoms with van der Waals surface area (Å²) in [4.78, 5) is 20.9. The molecular weight excluding hydrogens is 382 g/mol. The highest BCUT2D eigenvalue weighted by Gasteiger charge is 2.25. The quantitative estimate of drug-likeness (QED) is 0.587. The Morgan fingerprint density at radius 1 is 1.17 bits per heavy atom. The van der Waals surface area contributed by atoms with Gasteiger partial charge in [-0.3, -0.25) is 4.79 Å². The Morgan fingerprint density at radius 3 is 2.72 bits per heavy atom. The van der Waals surface area contributed by atoms with Gasteiger partial charge in [-0.1, -0.05) is 30.3 Å². The molecule has 1 aromatic carbocycles. The van der Waals surface area contributed by atoms with Crippen LogP contribution in [0.25, 0.3) is 0 Å². The lowest BCUT2D eigenvalue weighted by molar-refractivity contribution is 0.0951. The van der Waals surface area contributed by atoms with Gasteiger partial charge in [0.2, 0.25) is 0 Å². The second-order valence-electron chi connectivity index (χ2n) is 7.39. The van der Waals surface area contributed by atoms with Crippen molar-refractivity contribution in [2.24, 2.45) is 4.99 Å². The number of carbonyl (C=O) groups excluding carboxylic acids is 1. The highest BCUT2D eigenvalue weighted by molar-refractivity contribution is 7.16. The molecule has 5 nitrogen and oxygen atoms in total. The highest BCUT2D eigenvalue weighted by Crippen LogP contribution is 2.40. The van der Waals surface area contributed by atoms with E-state index in [0.717, 1.165) is 41.3 Å². The molecule has 2 aromatic heterocycles. The second kappa shape index (κ2) is 8.66. The van der Waals surface area contributed by atoms with Crippen molar-refractivity contribution in [3.8, 4) is 0 Å². The Kier molecular flexibility index (Phi) is 5.81. The van der Waals surface area contributed by atoms with Crippen LogP contribution in [0.5, 0.6) is 0 Å². The van der Waals surface area contributed by atoms with Crippen LogP contribution in [0.1, 0.15) is 45.0 Å². The number of carbonyl (C=O) groups is 1. The lowest BCUT2D eigenvalue weighted by Gasteiger charge is -2.12. The number of aryl methyl sites for hydroxylation is 1. The number of hydrogen-bond donors (Lipinski definition) is 1. The summed E-state index contributed by atoms with van der Waals surface area (Å²) >= 11 is 1.63. The maximum absolute atomic E-state index is 13.1. The molecule has 1 amide bonds. The number of nitrogens with zero attached hydrogens (tertiary/aromatic N) is 2. The molecule has 1 aliphatic carbocycles. The van der Waals surface area contributed by atoms with Gasteiger partial charge in [-0.15, -0.1) is 11.3 Å². The number of hydrogen-bond acceptors (Lipinski definition) is 5.